The van der Waals surface area contributed by atoms with Crippen molar-refractivity contribution in [2.24, 2.45) is 0 Å². The number of ether oxygens (including phenoxy) is 3. The molecule has 0 aromatic carbocycles. The van der Waals surface area contributed by atoms with Gasteiger partial charge in [0.2, 0.25) is 0 Å². The quantitative estimate of drug-likeness (QED) is 0.620. The lowest BCUT2D eigenvalue weighted by molar-refractivity contribution is -0.151. The van der Waals surface area contributed by atoms with E-state index in [1.54, 1.807) is 13.8 Å². The molecule has 0 spiro atoms. The highest BCUT2D eigenvalue weighted by Crippen LogP contribution is 2.06. The van der Waals surface area contributed by atoms with Crippen molar-refractivity contribution in [3.05, 3.63) is 0 Å². The second-order valence-electron chi connectivity index (χ2n) is 3.38. The summed E-state index contributed by atoms with van der Waals surface area (Å²) in [6.07, 6.45) is -0.527. The van der Waals surface area contributed by atoms with Crippen molar-refractivity contribution in [1.82, 2.24) is 0 Å². The van der Waals surface area contributed by atoms with Gasteiger partial charge < -0.3 is 14.2 Å². The Morgan fingerprint density at radius 3 is 2.00 bits per heavy atom. The van der Waals surface area contributed by atoms with Crippen LogP contribution in [-0.2, 0) is 23.8 Å². The number of rotatable bonds is 6. The van der Waals surface area contributed by atoms with E-state index in [0.717, 1.165) is 0 Å². The minimum atomic E-state index is -0.483. The van der Waals surface area contributed by atoms with Gasteiger partial charge in [-0.2, -0.15) is 0 Å². The van der Waals surface area contributed by atoms with E-state index in [1.807, 2.05) is 0 Å². The van der Waals surface area contributed by atoms with Crippen LogP contribution in [0.2, 0.25) is 0 Å². The van der Waals surface area contributed by atoms with Crippen molar-refractivity contribution < 1.29 is 23.8 Å². The summed E-state index contributed by atoms with van der Waals surface area (Å²) in [6, 6.07) is 0. The molecule has 0 aliphatic carbocycles. The first kappa shape index (κ1) is 13.9. The van der Waals surface area contributed by atoms with Crippen molar-refractivity contribution in [3.63, 3.8) is 0 Å². The molecule has 0 aliphatic heterocycles. The Morgan fingerprint density at radius 2 is 1.60 bits per heavy atom. The van der Waals surface area contributed by atoms with Gasteiger partial charge in [-0.05, 0) is 13.8 Å². The lowest BCUT2D eigenvalue weighted by Gasteiger charge is -2.14. The van der Waals surface area contributed by atoms with E-state index < -0.39 is 12.1 Å². The van der Waals surface area contributed by atoms with E-state index in [9.17, 15) is 9.59 Å². The van der Waals surface area contributed by atoms with Gasteiger partial charge in [0.05, 0.1) is 32.2 Å². The molecule has 0 aromatic rings. The van der Waals surface area contributed by atoms with Crippen molar-refractivity contribution in [2.75, 3.05) is 14.2 Å². The van der Waals surface area contributed by atoms with E-state index in [2.05, 4.69) is 4.74 Å². The maximum atomic E-state index is 11.2. The average molecular weight is 218 g/mol. The molecule has 1 unspecified atom stereocenters. The smallest absolute Gasteiger partial charge is 0.308 e. The molecular formula is C10H18O5. The third kappa shape index (κ3) is 6.90. The predicted molar refractivity (Wildman–Crippen MR) is 53.3 cm³/mol. The van der Waals surface area contributed by atoms with Crippen LogP contribution < -0.4 is 0 Å². The molecule has 0 radical (unpaired) electrons. The van der Waals surface area contributed by atoms with Gasteiger partial charge in [-0.15, -0.1) is 0 Å². The van der Waals surface area contributed by atoms with Gasteiger partial charge in [0.1, 0.15) is 0 Å². The minimum absolute atomic E-state index is 0.0557. The number of carbonyl (C=O) groups is 2. The summed E-state index contributed by atoms with van der Waals surface area (Å²) < 4.78 is 14.4. The van der Waals surface area contributed by atoms with Crippen LogP contribution in [0.3, 0.4) is 0 Å². The third-order valence-electron chi connectivity index (χ3n) is 1.72. The molecular weight excluding hydrogens is 200 g/mol. The Morgan fingerprint density at radius 1 is 1.07 bits per heavy atom. The van der Waals surface area contributed by atoms with E-state index in [4.69, 9.17) is 9.47 Å². The first-order valence-corrected chi connectivity index (χ1v) is 4.78. The van der Waals surface area contributed by atoms with Gasteiger partial charge in [0, 0.05) is 7.11 Å². The average Bonchev–Trinajstić information content (AvgIpc) is 2.15. The highest BCUT2D eigenvalue weighted by molar-refractivity contribution is 5.73. The van der Waals surface area contributed by atoms with Crippen molar-refractivity contribution in [3.8, 4) is 0 Å². The van der Waals surface area contributed by atoms with Crippen LogP contribution >= 0.6 is 0 Å². The molecule has 15 heavy (non-hydrogen) atoms. The number of hydrogen-bond donors (Lipinski definition) is 0. The Bertz CT molecular complexity index is 212. The van der Waals surface area contributed by atoms with Crippen LogP contribution in [0.15, 0.2) is 0 Å². The lowest BCUT2D eigenvalue weighted by Crippen LogP contribution is -2.23. The van der Waals surface area contributed by atoms with Gasteiger partial charge in [-0.25, -0.2) is 0 Å². The molecule has 0 saturated heterocycles. The fourth-order valence-electron chi connectivity index (χ4n) is 1.00. The number of hydrogen-bond acceptors (Lipinski definition) is 5. The molecule has 0 amide bonds. The number of esters is 2. The molecule has 0 bridgehead atoms. The number of carbonyl (C=O) groups excluding carboxylic acids is 2. The van der Waals surface area contributed by atoms with E-state index in [0.29, 0.717) is 0 Å². The highest BCUT2D eigenvalue weighted by Gasteiger charge is 2.18. The van der Waals surface area contributed by atoms with E-state index >= 15 is 0 Å². The van der Waals surface area contributed by atoms with Crippen LogP contribution in [-0.4, -0.2) is 38.4 Å². The second-order valence-corrected chi connectivity index (χ2v) is 3.38. The Balaban J connectivity index is 3.98. The molecule has 5 nitrogen and oxygen atoms in total. The summed E-state index contributed by atoms with van der Waals surface area (Å²) in [7, 11) is 2.73. The SMILES string of the molecule is COC(=O)CC(CC(=O)OC(C)C)OC. The molecule has 0 saturated carbocycles. The monoisotopic (exact) mass is 218 g/mol. The van der Waals surface area contributed by atoms with E-state index in [1.165, 1.54) is 14.2 Å². The molecule has 1 atom stereocenters. The Hall–Kier alpha value is -1.10. The molecule has 88 valence electrons. The van der Waals surface area contributed by atoms with Gasteiger partial charge in [0.15, 0.2) is 0 Å². The fourth-order valence-corrected chi connectivity index (χ4v) is 1.00. The largest absolute Gasteiger partial charge is 0.469 e. The molecule has 5 heteroatoms. The predicted octanol–water partition coefficient (Wildman–Crippen LogP) is 0.906. The van der Waals surface area contributed by atoms with Gasteiger partial charge in [0.25, 0.3) is 0 Å². The van der Waals surface area contributed by atoms with Gasteiger partial charge >= 0.3 is 11.9 Å². The van der Waals surface area contributed by atoms with Crippen LogP contribution in [0, 0.1) is 0 Å². The molecule has 0 aromatic heterocycles. The van der Waals surface area contributed by atoms with Crippen molar-refractivity contribution >= 4 is 11.9 Å². The lowest BCUT2D eigenvalue weighted by atomic mass is 10.2. The van der Waals surface area contributed by atoms with Crippen LogP contribution in [0.1, 0.15) is 26.7 Å². The van der Waals surface area contributed by atoms with Crippen molar-refractivity contribution in [1.29, 1.82) is 0 Å². The zero-order valence-corrected chi connectivity index (χ0v) is 9.61. The topological polar surface area (TPSA) is 61.8 Å². The standard InChI is InChI=1S/C10H18O5/c1-7(2)15-10(12)6-8(13-3)5-9(11)14-4/h7-8H,5-6H2,1-4H3. The zero-order valence-electron chi connectivity index (χ0n) is 9.61. The molecule has 0 aliphatic rings. The van der Waals surface area contributed by atoms with Crippen LogP contribution in [0.25, 0.3) is 0 Å². The maximum absolute atomic E-state index is 11.2. The third-order valence-corrected chi connectivity index (χ3v) is 1.72. The van der Waals surface area contributed by atoms with Gasteiger partial charge in [-0.1, -0.05) is 0 Å². The Labute approximate surface area is 89.7 Å². The van der Waals surface area contributed by atoms with Crippen LogP contribution in [0.5, 0.6) is 0 Å². The fraction of sp³-hybridized carbons (Fsp3) is 0.800. The normalized spacial score (nSPS) is 12.3. The van der Waals surface area contributed by atoms with Crippen molar-refractivity contribution in [2.45, 2.75) is 38.9 Å². The first-order valence-electron chi connectivity index (χ1n) is 4.78. The first-order chi connectivity index (χ1) is 6.99. The highest BCUT2D eigenvalue weighted by atomic mass is 16.5. The summed E-state index contributed by atoms with van der Waals surface area (Å²) in [5.41, 5.74) is 0. The summed E-state index contributed by atoms with van der Waals surface area (Å²) in [4.78, 5) is 22.2. The molecule has 0 heterocycles. The molecule has 0 fully saturated rings. The summed E-state index contributed by atoms with van der Waals surface area (Å²) >= 11 is 0. The second kappa shape index (κ2) is 7.23. The maximum Gasteiger partial charge on any atom is 0.308 e. The van der Waals surface area contributed by atoms with Crippen LogP contribution in [0.4, 0.5) is 0 Å². The summed E-state index contributed by atoms with van der Waals surface area (Å²) in [5, 5.41) is 0. The number of methoxy groups -OCH3 is 2. The molecule has 0 N–H and O–H groups in total. The van der Waals surface area contributed by atoms with Gasteiger partial charge in [-0.3, -0.25) is 9.59 Å². The summed E-state index contributed by atoms with van der Waals surface area (Å²) in [6.45, 7) is 3.53. The zero-order chi connectivity index (χ0) is 11.8. The minimum Gasteiger partial charge on any atom is -0.469 e. The Kier molecular flexibility index (Phi) is 6.70. The molecule has 0 rings (SSSR count). The summed E-state index contributed by atoms with van der Waals surface area (Å²) in [5.74, 6) is -0.778. The van der Waals surface area contributed by atoms with E-state index in [-0.39, 0.29) is 24.9 Å².